The summed E-state index contributed by atoms with van der Waals surface area (Å²) in [5.41, 5.74) is 2.91. The van der Waals surface area contributed by atoms with Gasteiger partial charge in [-0.25, -0.2) is 0 Å². The Morgan fingerprint density at radius 1 is 1.33 bits per heavy atom. The molecule has 21 heavy (non-hydrogen) atoms. The zero-order valence-electron chi connectivity index (χ0n) is 13.0. The molecule has 1 aromatic rings. The van der Waals surface area contributed by atoms with Gasteiger partial charge in [0.15, 0.2) is 0 Å². The highest BCUT2D eigenvalue weighted by molar-refractivity contribution is 8.00. The van der Waals surface area contributed by atoms with Crippen LogP contribution in [-0.2, 0) is 11.2 Å². The number of hydrogen-bond donors (Lipinski definition) is 1. The van der Waals surface area contributed by atoms with Gasteiger partial charge in [0.05, 0.1) is 12.7 Å². The Kier molecular flexibility index (Phi) is 5.61. The van der Waals surface area contributed by atoms with Crippen LogP contribution in [0.1, 0.15) is 49.8 Å². The first kappa shape index (κ1) is 15.4. The highest BCUT2D eigenvalue weighted by Crippen LogP contribution is 2.35. The molecule has 3 rings (SSSR count). The zero-order chi connectivity index (χ0) is 14.5. The topological polar surface area (TPSA) is 21.3 Å². The fourth-order valence-corrected chi connectivity index (χ4v) is 5.06. The maximum absolute atomic E-state index is 6.12. The van der Waals surface area contributed by atoms with Crippen molar-refractivity contribution in [2.24, 2.45) is 0 Å². The lowest BCUT2D eigenvalue weighted by Gasteiger charge is -2.35. The first-order chi connectivity index (χ1) is 10.4. The molecule has 3 atom stereocenters. The summed E-state index contributed by atoms with van der Waals surface area (Å²) in [6.45, 7) is 4.14. The third-order valence-electron chi connectivity index (χ3n) is 4.69. The van der Waals surface area contributed by atoms with Gasteiger partial charge < -0.3 is 10.1 Å². The molecule has 0 saturated carbocycles. The molecular weight excluding hydrogens is 278 g/mol. The van der Waals surface area contributed by atoms with Gasteiger partial charge in [0.2, 0.25) is 0 Å². The minimum atomic E-state index is 0.279. The largest absolute Gasteiger partial charge is 0.373 e. The average Bonchev–Trinajstić information content (AvgIpc) is 2.55. The molecule has 0 radical (unpaired) electrons. The Morgan fingerprint density at radius 3 is 3.05 bits per heavy atom. The van der Waals surface area contributed by atoms with E-state index in [1.165, 1.54) is 36.1 Å². The van der Waals surface area contributed by atoms with Crippen molar-refractivity contribution in [1.82, 2.24) is 5.32 Å². The minimum absolute atomic E-state index is 0.279. The van der Waals surface area contributed by atoms with Crippen molar-refractivity contribution in [3.05, 3.63) is 35.4 Å². The molecule has 2 aliphatic rings. The van der Waals surface area contributed by atoms with Crippen molar-refractivity contribution in [2.45, 2.75) is 56.4 Å². The number of thioether (sulfide) groups is 1. The van der Waals surface area contributed by atoms with E-state index in [-0.39, 0.29) is 6.10 Å². The Labute approximate surface area is 133 Å². The lowest BCUT2D eigenvalue weighted by atomic mass is 9.91. The first-order valence-corrected chi connectivity index (χ1v) is 9.47. The van der Waals surface area contributed by atoms with Crippen LogP contribution >= 0.6 is 11.8 Å². The molecule has 0 bridgehead atoms. The van der Waals surface area contributed by atoms with Gasteiger partial charge in [-0.15, -0.1) is 0 Å². The van der Waals surface area contributed by atoms with Crippen LogP contribution in [0.25, 0.3) is 0 Å². The van der Waals surface area contributed by atoms with E-state index in [0.717, 1.165) is 31.2 Å². The van der Waals surface area contributed by atoms with Gasteiger partial charge in [0.25, 0.3) is 0 Å². The van der Waals surface area contributed by atoms with Crippen LogP contribution in [0.2, 0.25) is 0 Å². The molecule has 116 valence electrons. The molecule has 0 aromatic heterocycles. The predicted octanol–water partition coefficient (Wildman–Crippen LogP) is 3.95. The van der Waals surface area contributed by atoms with E-state index in [2.05, 4.69) is 48.3 Å². The van der Waals surface area contributed by atoms with Gasteiger partial charge in [-0.1, -0.05) is 37.6 Å². The van der Waals surface area contributed by atoms with Gasteiger partial charge >= 0.3 is 0 Å². The number of ether oxygens (including phenoxy) is 1. The maximum atomic E-state index is 6.12. The number of fused-ring (bicyclic) bond motifs is 1. The zero-order valence-corrected chi connectivity index (χ0v) is 13.8. The molecule has 1 N–H and O–H groups in total. The van der Waals surface area contributed by atoms with Crippen LogP contribution < -0.4 is 5.32 Å². The van der Waals surface area contributed by atoms with Crippen LogP contribution in [0.15, 0.2) is 24.3 Å². The average molecular weight is 305 g/mol. The normalized spacial score (nSPS) is 27.1. The van der Waals surface area contributed by atoms with E-state index in [1.54, 1.807) is 0 Å². The molecule has 1 fully saturated rings. The maximum Gasteiger partial charge on any atom is 0.0843 e. The predicted molar refractivity (Wildman–Crippen MR) is 91.0 cm³/mol. The fraction of sp³-hybridized carbons (Fsp3) is 0.667. The summed E-state index contributed by atoms with van der Waals surface area (Å²) in [4.78, 5) is 0. The molecule has 2 aliphatic heterocycles. The Morgan fingerprint density at radius 2 is 2.24 bits per heavy atom. The second-order valence-electron chi connectivity index (χ2n) is 6.11. The van der Waals surface area contributed by atoms with E-state index in [1.807, 2.05) is 0 Å². The molecule has 3 unspecified atom stereocenters. The minimum Gasteiger partial charge on any atom is -0.373 e. The lowest BCUT2D eigenvalue weighted by Crippen LogP contribution is -2.41. The molecule has 1 saturated heterocycles. The second kappa shape index (κ2) is 7.66. The quantitative estimate of drug-likeness (QED) is 0.890. The van der Waals surface area contributed by atoms with E-state index in [9.17, 15) is 0 Å². The Balaban J connectivity index is 1.71. The van der Waals surface area contributed by atoms with Crippen molar-refractivity contribution in [3.63, 3.8) is 0 Å². The Bertz CT molecular complexity index is 445. The van der Waals surface area contributed by atoms with Gasteiger partial charge in [-0.3, -0.25) is 0 Å². The SMILES string of the molecule is CCNC(CC1OCCc2ccccc21)C1CCCCS1. The standard InChI is InChI=1S/C18H27NOS/c1-2-19-16(18-9-5-6-12-21-18)13-17-15-8-4-3-7-14(15)10-11-20-17/h3-4,7-8,16-19H,2,5-6,9-13H2,1H3. The third kappa shape index (κ3) is 3.82. The summed E-state index contributed by atoms with van der Waals surface area (Å²) in [5.74, 6) is 1.33. The van der Waals surface area contributed by atoms with Crippen molar-refractivity contribution in [3.8, 4) is 0 Å². The van der Waals surface area contributed by atoms with E-state index >= 15 is 0 Å². The number of hydrogen-bond acceptors (Lipinski definition) is 3. The Hall–Kier alpha value is -0.510. The summed E-state index contributed by atoms with van der Waals surface area (Å²) in [7, 11) is 0. The van der Waals surface area contributed by atoms with E-state index in [0.29, 0.717) is 6.04 Å². The smallest absolute Gasteiger partial charge is 0.0843 e. The third-order valence-corrected chi connectivity index (χ3v) is 6.21. The summed E-state index contributed by atoms with van der Waals surface area (Å²) < 4.78 is 6.12. The van der Waals surface area contributed by atoms with Gasteiger partial charge in [0, 0.05) is 11.3 Å². The van der Waals surface area contributed by atoms with Gasteiger partial charge in [0.1, 0.15) is 0 Å². The highest BCUT2D eigenvalue weighted by Gasteiger charge is 2.29. The molecule has 0 amide bonds. The van der Waals surface area contributed by atoms with E-state index in [4.69, 9.17) is 4.74 Å². The summed E-state index contributed by atoms with van der Waals surface area (Å²) in [6, 6.07) is 9.41. The van der Waals surface area contributed by atoms with E-state index < -0.39 is 0 Å². The monoisotopic (exact) mass is 305 g/mol. The van der Waals surface area contributed by atoms with Gasteiger partial charge in [-0.2, -0.15) is 11.8 Å². The van der Waals surface area contributed by atoms with Crippen LogP contribution in [-0.4, -0.2) is 30.2 Å². The highest BCUT2D eigenvalue weighted by atomic mass is 32.2. The fourth-order valence-electron chi connectivity index (χ4n) is 3.61. The molecule has 0 aliphatic carbocycles. The molecule has 1 aromatic carbocycles. The molecular formula is C18H27NOS. The molecule has 3 heteroatoms. The number of rotatable bonds is 5. The first-order valence-electron chi connectivity index (χ1n) is 8.43. The van der Waals surface area contributed by atoms with Crippen molar-refractivity contribution < 1.29 is 4.74 Å². The second-order valence-corrected chi connectivity index (χ2v) is 7.46. The summed E-state index contributed by atoms with van der Waals surface area (Å²) in [6.07, 6.45) is 6.60. The summed E-state index contributed by atoms with van der Waals surface area (Å²) >= 11 is 2.16. The van der Waals surface area contributed by atoms with Crippen LogP contribution in [0, 0.1) is 0 Å². The van der Waals surface area contributed by atoms with Crippen LogP contribution in [0.3, 0.4) is 0 Å². The molecule has 0 spiro atoms. The van der Waals surface area contributed by atoms with Crippen LogP contribution in [0.4, 0.5) is 0 Å². The number of nitrogens with one attached hydrogen (secondary N) is 1. The number of benzene rings is 1. The van der Waals surface area contributed by atoms with Crippen molar-refractivity contribution in [2.75, 3.05) is 18.9 Å². The molecule has 2 nitrogen and oxygen atoms in total. The van der Waals surface area contributed by atoms with Gasteiger partial charge in [-0.05, 0) is 49.1 Å². The van der Waals surface area contributed by atoms with Crippen LogP contribution in [0.5, 0.6) is 0 Å². The lowest BCUT2D eigenvalue weighted by molar-refractivity contribution is 0.0292. The molecule has 2 heterocycles. The summed E-state index contributed by atoms with van der Waals surface area (Å²) in [5, 5.41) is 4.49. The van der Waals surface area contributed by atoms with Crippen molar-refractivity contribution >= 4 is 11.8 Å². The van der Waals surface area contributed by atoms with Crippen molar-refractivity contribution in [1.29, 1.82) is 0 Å².